The number of hydrogen-bond donors (Lipinski definition) is 3. The molecule has 7 nitrogen and oxygen atoms in total. The quantitative estimate of drug-likeness (QED) is 0.292. The fourth-order valence-electron chi connectivity index (χ4n) is 3.84. The van der Waals surface area contributed by atoms with Crippen LogP contribution in [0.5, 0.6) is 0 Å². The van der Waals surface area contributed by atoms with E-state index in [9.17, 15) is 18.0 Å². The van der Waals surface area contributed by atoms with Crippen molar-refractivity contribution in [3.8, 4) is 17.5 Å². The van der Waals surface area contributed by atoms with Gasteiger partial charge in [-0.05, 0) is 55.5 Å². The number of anilines is 2. The second kappa shape index (κ2) is 9.20. The van der Waals surface area contributed by atoms with Crippen molar-refractivity contribution >= 4 is 28.3 Å². The summed E-state index contributed by atoms with van der Waals surface area (Å²) in [5, 5.41) is 10.2. The third-order valence-corrected chi connectivity index (χ3v) is 5.60. The summed E-state index contributed by atoms with van der Waals surface area (Å²) in [6, 6.07) is 15.4. The number of H-pyrrole nitrogens is 1. The fourth-order valence-corrected chi connectivity index (χ4v) is 3.84. The molecule has 0 aliphatic rings. The molecule has 10 heteroatoms. The van der Waals surface area contributed by atoms with E-state index in [4.69, 9.17) is 5.73 Å². The molecule has 3 aromatic carbocycles. The zero-order valence-electron chi connectivity index (χ0n) is 19.4. The van der Waals surface area contributed by atoms with Crippen molar-refractivity contribution < 1.29 is 18.0 Å². The van der Waals surface area contributed by atoms with Crippen molar-refractivity contribution in [3.05, 3.63) is 101 Å². The average Bonchev–Trinajstić information content (AvgIpc) is 3.48. The van der Waals surface area contributed by atoms with Crippen molar-refractivity contribution in [1.82, 2.24) is 19.7 Å². The number of nitrogens with one attached hydrogen (secondary N) is 2. The lowest BCUT2D eigenvalue weighted by atomic mass is 10.1. The average molecular weight is 500 g/mol. The lowest BCUT2D eigenvalue weighted by Gasteiger charge is -2.13. The van der Waals surface area contributed by atoms with Gasteiger partial charge in [-0.3, -0.25) is 9.89 Å². The summed E-state index contributed by atoms with van der Waals surface area (Å²) in [5.74, 6) is 5.74. The Balaban J connectivity index is 1.43. The number of amides is 1. The molecular weight excluding hydrogens is 481 g/mol. The van der Waals surface area contributed by atoms with Crippen LogP contribution < -0.4 is 11.1 Å². The van der Waals surface area contributed by atoms with Gasteiger partial charge in [-0.25, -0.2) is 4.98 Å². The number of carbonyl (C=O) groups is 1. The molecule has 2 aromatic heterocycles. The summed E-state index contributed by atoms with van der Waals surface area (Å²) >= 11 is 0. The molecule has 0 aliphatic carbocycles. The molecule has 2 heterocycles. The molecule has 0 saturated heterocycles. The van der Waals surface area contributed by atoms with Gasteiger partial charge < -0.3 is 15.6 Å². The zero-order valence-corrected chi connectivity index (χ0v) is 19.4. The maximum Gasteiger partial charge on any atom is 0.416 e. The van der Waals surface area contributed by atoms with Gasteiger partial charge in [-0.1, -0.05) is 24.0 Å². The normalized spacial score (nSPS) is 11.2. The van der Waals surface area contributed by atoms with Gasteiger partial charge in [0.05, 0.1) is 28.5 Å². The second-order valence-corrected chi connectivity index (χ2v) is 8.31. The van der Waals surface area contributed by atoms with Crippen LogP contribution in [0, 0.1) is 18.8 Å². The monoisotopic (exact) mass is 500 g/mol. The summed E-state index contributed by atoms with van der Waals surface area (Å²) in [4.78, 5) is 17.0. The van der Waals surface area contributed by atoms with Crippen molar-refractivity contribution in [2.45, 2.75) is 13.1 Å². The Morgan fingerprint density at radius 2 is 1.89 bits per heavy atom. The fraction of sp³-hybridized carbons (Fsp3) is 0.0741. The number of benzene rings is 3. The van der Waals surface area contributed by atoms with Crippen molar-refractivity contribution in [2.75, 3.05) is 11.1 Å². The largest absolute Gasteiger partial charge is 0.416 e. The first-order chi connectivity index (χ1) is 17.7. The number of rotatable bonds is 3. The smallest absolute Gasteiger partial charge is 0.382 e. The van der Waals surface area contributed by atoms with Crippen LogP contribution in [0.1, 0.15) is 32.7 Å². The van der Waals surface area contributed by atoms with Gasteiger partial charge in [0.2, 0.25) is 0 Å². The van der Waals surface area contributed by atoms with E-state index < -0.39 is 17.6 Å². The number of nitrogen functional groups attached to an aromatic ring is 1. The van der Waals surface area contributed by atoms with Crippen LogP contribution in [-0.4, -0.2) is 25.7 Å². The first-order valence-corrected chi connectivity index (χ1v) is 11.1. The van der Waals surface area contributed by atoms with Crippen molar-refractivity contribution in [1.29, 1.82) is 0 Å². The topological polar surface area (TPSA) is 102 Å². The molecule has 1 amide bonds. The van der Waals surface area contributed by atoms with E-state index in [1.807, 2.05) is 18.2 Å². The molecule has 0 saturated carbocycles. The Labute approximate surface area is 209 Å². The highest BCUT2D eigenvalue weighted by atomic mass is 19.4. The molecule has 5 aromatic rings. The van der Waals surface area contributed by atoms with Gasteiger partial charge in [0, 0.05) is 34.3 Å². The van der Waals surface area contributed by atoms with Gasteiger partial charge >= 0.3 is 6.18 Å². The minimum atomic E-state index is -4.63. The Kier molecular flexibility index (Phi) is 5.89. The molecule has 184 valence electrons. The third-order valence-electron chi connectivity index (χ3n) is 5.60. The highest BCUT2D eigenvalue weighted by Gasteiger charge is 2.32. The number of imidazole rings is 1. The summed E-state index contributed by atoms with van der Waals surface area (Å²) in [5.41, 5.74) is 8.08. The molecule has 0 fully saturated rings. The molecule has 0 unspecified atom stereocenters. The van der Waals surface area contributed by atoms with Crippen LogP contribution in [0.15, 0.2) is 73.2 Å². The number of alkyl halides is 3. The summed E-state index contributed by atoms with van der Waals surface area (Å²) in [6.45, 7) is 1.72. The number of carbonyl (C=O) groups excluding carboxylic acids is 1. The number of halogens is 3. The summed E-state index contributed by atoms with van der Waals surface area (Å²) < 4.78 is 42.1. The van der Waals surface area contributed by atoms with Crippen LogP contribution in [0.25, 0.3) is 16.6 Å². The predicted molar refractivity (Wildman–Crippen MR) is 134 cm³/mol. The first kappa shape index (κ1) is 23.7. The van der Waals surface area contributed by atoms with Gasteiger partial charge in [-0.2, -0.15) is 18.3 Å². The molecule has 0 radical (unpaired) electrons. The summed E-state index contributed by atoms with van der Waals surface area (Å²) in [7, 11) is 0. The van der Waals surface area contributed by atoms with Crippen LogP contribution >= 0.6 is 0 Å². The number of fused-ring (bicyclic) bond motifs is 1. The van der Waals surface area contributed by atoms with Crippen LogP contribution in [0.4, 0.5) is 24.7 Å². The van der Waals surface area contributed by atoms with E-state index in [2.05, 4.69) is 32.3 Å². The zero-order chi connectivity index (χ0) is 26.2. The number of nitrogens with zero attached hydrogens (tertiary/aromatic N) is 3. The van der Waals surface area contributed by atoms with Crippen molar-refractivity contribution in [2.24, 2.45) is 0 Å². The molecule has 0 spiro atoms. The standard InChI is InChI=1S/C27H19F3N6O/c1-16-14-36(15-32-16)22-12-19(11-20(13-22)27(28,29)30)26(37)33-21-6-2-4-17(10-21)8-9-18-5-3-7-23-24(18)25(31)35-34-23/h2-7,10-15H,1H3,(H,33,37)(H3,31,34,35). The van der Waals surface area contributed by atoms with Gasteiger partial charge in [0.1, 0.15) is 0 Å². The van der Waals surface area contributed by atoms with Gasteiger partial charge in [0.25, 0.3) is 5.91 Å². The first-order valence-electron chi connectivity index (χ1n) is 11.1. The predicted octanol–water partition coefficient (Wildman–Crippen LogP) is 5.31. The minimum absolute atomic E-state index is 0.144. The van der Waals surface area contributed by atoms with Crippen LogP contribution in [0.3, 0.4) is 0 Å². The number of aromatic amines is 1. The Morgan fingerprint density at radius 3 is 2.65 bits per heavy atom. The highest BCUT2D eigenvalue weighted by molar-refractivity contribution is 6.05. The number of aryl methyl sites for hydroxylation is 1. The van der Waals surface area contributed by atoms with E-state index in [-0.39, 0.29) is 11.3 Å². The molecule has 4 N–H and O–H groups in total. The van der Waals surface area contributed by atoms with Gasteiger partial charge in [0.15, 0.2) is 5.82 Å². The number of nitrogens with two attached hydrogens (primary N) is 1. The molecule has 0 atom stereocenters. The Bertz CT molecular complexity index is 1700. The molecule has 5 rings (SSSR count). The second-order valence-electron chi connectivity index (χ2n) is 8.31. The van der Waals surface area contributed by atoms with Gasteiger partial charge in [-0.15, -0.1) is 0 Å². The van der Waals surface area contributed by atoms with Crippen LogP contribution in [0.2, 0.25) is 0 Å². The van der Waals surface area contributed by atoms with E-state index in [1.54, 1.807) is 37.4 Å². The molecule has 0 bridgehead atoms. The van der Waals surface area contributed by atoms with E-state index in [0.717, 1.165) is 17.6 Å². The molecular formula is C27H19F3N6O. The van der Waals surface area contributed by atoms with Crippen molar-refractivity contribution in [3.63, 3.8) is 0 Å². The van der Waals surface area contributed by atoms with E-state index in [1.165, 1.54) is 17.0 Å². The van der Waals surface area contributed by atoms with E-state index >= 15 is 0 Å². The lowest BCUT2D eigenvalue weighted by Crippen LogP contribution is -2.15. The summed E-state index contributed by atoms with van der Waals surface area (Å²) in [6.07, 6.45) is -1.65. The Hall–Kier alpha value is -5.04. The third kappa shape index (κ3) is 5.01. The maximum absolute atomic E-state index is 13.6. The SMILES string of the molecule is Cc1cn(-c2cc(C(=O)Nc3cccc(C#Cc4cccc5[nH]nc(N)c45)c3)cc(C(F)(F)F)c2)cn1. The minimum Gasteiger partial charge on any atom is -0.382 e. The van der Waals surface area contributed by atoms with E-state index in [0.29, 0.717) is 33.7 Å². The number of hydrogen-bond acceptors (Lipinski definition) is 4. The molecule has 37 heavy (non-hydrogen) atoms. The lowest BCUT2D eigenvalue weighted by molar-refractivity contribution is -0.137. The molecule has 0 aliphatic heterocycles. The van der Waals surface area contributed by atoms with Crippen LogP contribution in [-0.2, 0) is 6.18 Å². The Morgan fingerprint density at radius 1 is 1.08 bits per heavy atom. The number of aromatic nitrogens is 4. The maximum atomic E-state index is 13.6. The highest BCUT2D eigenvalue weighted by Crippen LogP contribution is 2.32.